The summed E-state index contributed by atoms with van der Waals surface area (Å²) >= 11 is 0. The maximum atomic E-state index is 12.4. The Kier molecular flexibility index (Phi) is 6.25. The Balaban J connectivity index is 1.47. The molecule has 0 radical (unpaired) electrons. The molecule has 7 nitrogen and oxygen atoms in total. The van der Waals surface area contributed by atoms with Crippen molar-refractivity contribution in [2.45, 2.75) is 0 Å². The van der Waals surface area contributed by atoms with Crippen LogP contribution in [0.5, 0.6) is 17.2 Å². The molecule has 0 atom stereocenters. The highest BCUT2D eigenvalue weighted by Crippen LogP contribution is 2.28. The third-order valence-electron chi connectivity index (χ3n) is 4.51. The van der Waals surface area contributed by atoms with Gasteiger partial charge in [-0.05, 0) is 24.3 Å². The van der Waals surface area contributed by atoms with E-state index < -0.39 is 0 Å². The Bertz CT molecular complexity index is 760. The van der Waals surface area contributed by atoms with Crippen molar-refractivity contribution in [3.63, 3.8) is 0 Å². The second-order valence-electron chi connectivity index (χ2n) is 6.07. The van der Waals surface area contributed by atoms with Gasteiger partial charge in [0.15, 0.2) is 18.2 Å². The Morgan fingerprint density at radius 3 is 2.15 bits per heavy atom. The summed E-state index contributed by atoms with van der Waals surface area (Å²) in [5, 5.41) is 2.80. The topological polar surface area (TPSA) is 63.3 Å². The lowest BCUT2D eigenvalue weighted by Crippen LogP contribution is -2.52. The molecule has 0 saturated carbocycles. The number of rotatable bonds is 6. The third kappa shape index (κ3) is 4.55. The second-order valence-corrected chi connectivity index (χ2v) is 6.07. The average molecular weight is 371 g/mol. The monoisotopic (exact) mass is 371 g/mol. The molecule has 1 saturated heterocycles. The zero-order valence-corrected chi connectivity index (χ0v) is 15.7. The van der Waals surface area contributed by atoms with Gasteiger partial charge < -0.3 is 29.3 Å². The minimum absolute atomic E-state index is 0.0892. The molecular formula is C20H25N3O4. The van der Waals surface area contributed by atoms with Crippen LogP contribution >= 0.6 is 0 Å². The van der Waals surface area contributed by atoms with E-state index in [4.69, 9.17) is 14.2 Å². The summed E-state index contributed by atoms with van der Waals surface area (Å²) in [5.74, 6) is 2.08. The van der Waals surface area contributed by atoms with Gasteiger partial charge in [0.25, 0.3) is 0 Å². The smallest absolute Gasteiger partial charge is 0.320 e. The number of piperazine rings is 1. The Hall–Kier alpha value is -3.09. The molecule has 2 amide bonds. The van der Waals surface area contributed by atoms with Gasteiger partial charge in [-0.3, -0.25) is 0 Å². The van der Waals surface area contributed by atoms with Gasteiger partial charge >= 0.3 is 6.03 Å². The van der Waals surface area contributed by atoms with Crippen LogP contribution in [0.3, 0.4) is 0 Å². The molecule has 2 aromatic rings. The van der Waals surface area contributed by atoms with Gasteiger partial charge in [0.1, 0.15) is 5.75 Å². The molecule has 27 heavy (non-hydrogen) atoms. The Labute approximate surface area is 159 Å². The summed E-state index contributed by atoms with van der Waals surface area (Å²) in [5.41, 5.74) is 1.06. The SMILES string of the molecule is COc1ccccc1OCNC(=O)N1CCN(c2ccccc2OC)CC1. The number of ether oxygens (including phenoxy) is 3. The third-order valence-corrected chi connectivity index (χ3v) is 4.51. The van der Waals surface area contributed by atoms with Crippen molar-refractivity contribution < 1.29 is 19.0 Å². The van der Waals surface area contributed by atoms with Crippen LogP contribution in [0, 0.1) is 0 Å². The number of hydrogen-bond donors (Lipinski definition) is 1. The summed E-state index contributed by atoms with van der Waals surface area (Å²) < 4.78 is 16.3. The maximum Gasteiger partial charge on any atom is 0.320 e. The summed E-state index contributed by atoms with van der Waals surface area (Å²) in [6.07, 6.45) is 0. The first-order valence-electron chi connectivity index (χ1n) is 8.89. The van der Waals surface area contributed by atoms with E-state index in [-0.39, 0.29) is 12.8 Å². The van der Waals surface area contributed by atoms with E-state index in [1.54, 1.807) is 25.2 Å². The van der Waals surface area contributed by atoms with Gasteiger partial charge in [0.2, 0.25) is 0 Å². The molecule has 1 heterocycles. The number of methoxy groups -OCH3 is 2. The van der Waals surface area contributed by atoms with Crippen LogP contribution in [0.15, 0.2) is 48.5 Å². The molecule has 0 bridgehead atoms. The van der Waals surface area contributed by atoms with Crippen molar-refractivity contribution in [2.24, 2.45) is 0 Å². The number of benzene rings is 2. The Morgan fingerprint density at radius 2 is 1.48 bits per heavy atom. The molecule has 1 N–H and O–H groups in total. The highest BCUT2D eigenvalue weighted by atomic mass is 16.5. The van der Waals surface area contributed by atoms with Gasteiger partial charge in [-0.15, -0.1) is 0 Å². The maximum absolute atomic E-state index is 12.4. The number of amides is 2. The van der Waals surface area contributed by atoms with E-state index in [1.165, 1.54) is 0 Å². The molecule has 0 unspecified atom stereocenters. The fourth-order valence-electron chi connectivity index (χ4n) is 3.07. The van der Waals surface area contributed by atoms with Gasteiger partial charge in [0, 0.05) is 26.2 Å². The van der Waals surface area contributed by atoms with E-state index in [2.05, 4.69) is 10.2 Å². The lowest BCUT2D eigenvalue weighted by Gasteiger charge is -2.36. The van der Waals surface area contributed by atoms with Crippen LogP contribution in [0.4, 0.5) is 10.5 Å². The minimum Gasteiger partial charge on any atom is -0.495 e. The molecule has 1 aliphatic rings. The predicted octanol–water partition coefficient (Wildman–Crippen LogP) is 2.57. The molecular weight excluding hydrogens is 346 g/mol. The van der Waals surface area contributed by atoms with Crippen molar-refractivity contribution in [1.29, 1.82) is 0 Å². The summed E-state index contributed by atoms with van der Waals surface area (Å²) in [6, 6.07) is 15.1. The standard InChI is InChI=1S/C20H25N3O4/c1-25-17-8-4-3-7-16(17)22-11-13-23(14-12-22)20(24)21-15-27-19-10-6-5-9-18(19)26-2/h3-10H,11-15H2,1-2H3,(H,21,24). The first-order valence-corrected chi connectivity index (χ1v) is 8.89. The highest BCUT2D eigenvalue weighted by Gasteiger charge is 2.22. The molecule has 1 aliphatic heterocycles. The van der Waals surface area contributed by atoms with E-state index in [0.717, 1.165) is 24.5 Å². The zero-order chi connectivity index (χ0) is 19.1. The normalized spacial score (nSPS) is 13.9. The first-order chi connectivity index (χ1) is 13.2. The molecule has 7 heteroatoms. The van der Waals surface area contributed by atoms with E-state index in [9.17, 15) is 4.79 Å². The van der Waals surface area contributed by atoms with Crippen molar-refractivity contribution in [1.82, 2.24) is 10.2 Å². The number of carbonyl (C=O) groups is 1. The van der Waals surface area contributed by atoms with Crippen molar-refractivity contribution in [3.05, 3.63) is 48.5 Å². The minimum atomic E-state index is -0.135. The second kappa shape index (κ2) is 9.02. The molecule has 2 aromatic carbocycles. The molecule has 1 fully saturated rings. The van der Waals surface area contributed by atoms with Crippen molar-refractivity contribution in [3.8, 4) is 17.2 Å². The summed E-state index contributed by atoms with van der Waals surface area (Å²) in [4.78, 5) is 16.4. The van der Waals surface area contributed by atoms with Crippen LogP contribution in [0.2, 0.25) is 0 Å². The molecule has 0 aromatic heterocycles. The van der Waals surface area contributed by atoms with Crippen LogP contribution < -0.4 is 24.4 Å². The van der Waals surface area contributed by atoms with Crippen molar-refractivity contribution in [2.75, 3.05) is 52.0 Å². The summed E-state index contributed by atoms with van der Waals surface area (Å²) in [7, 11) is 3.26. The quantitative estimate of drug-likeness (QED) is 0.791. The lowest BCUT2D eigenvalue weighted by atomic mass is 10.2. The first kappa shape index (κ1) is 18.7. The van der Waals surface area contributed by atoms with E-state index in [1.807, 2.05) is 42.5 Å². The fraction of sp³-hybridized carbons (Fsp3) is 0.350. The van der Waals surface area contributed by atoms with Crippen LogP contribution in [0.1, 0.15) is 0 Å². The largest absolute Gasteiger partial charge is 0.495 e. The molecule has 0 aliphatic carbocycles. The zero-order valence-electron chi connectivity index (χ0n) is 15.7. The van der Waals surface area contributed by atoms with Crippen LogP contribution in [0.25, 0.3) is 0 Å². The predicted molar refractivity (Wildman–Crippen MR) is 104 cm³/mol. The van der Waals surface area contributed by atoms with E-state index >= 15 is 0 Å². The van der Waals surface area contributed by atoms with E-state index in [0.29, 0.717) is 24.6 Å². The molecule has 144 valence electrons. The number of urea groups is 1. The number of nitrogens with zero attached hydrogens (tertiary/aromatic N) is 2. The van der Waals surface area contributed by atoms with Crippen LogP contribution in [-0.2, 0) is 0 Å². The lowest BCUT2D eigenvalue weighted by molar-refractivity contribution is 0.180. The number of para-hydroxylation sites is 4. The van der Waals surface area contributed by atoms with Gasteiger partial charge in [0.05, 0.1) is 19.9 Å². The summed E-state index contributed by atoms with van der Waals surface area (Å²) in [6.45, 7) is 2.87. The number of anilines is 1. The van der Waals surface area contributed by atoms with Gasteiger partial charge in [-0.25, -0.2) is 4.79 Å². The van der Waals surface area contributed by atoms with Crippen LogP contribution in [-0.4, -0.2) is 58.1 Å². The fourth-order valence-corrected chi connectivity index (χ4v) is 3.07. The molecule has 0 spiro atoms. The van der Waals surface area contributed by atoms with Gasteiger partial charge in [-0.2, -0.15) is 0 Å². The molecule has 3 rings (SSSR count). The van der Waals surface area contributed by atoms with Crippen molar-refractivity contribution >= 4 is 11.7 Å². The highest BCUT2D eigenvalue weighted by molar-refractivity contribution is 5.74. The number of carbonyl (C=O) groups excluding carboxylic acids is 1. The number of nitrogens with one attached hydrogen (secondary N) is 1. The number of hydrogen-bond acceptors (Lipinski definition) is 5. The average Bonchev–Trinajstić information content (AvgIpc) is 2.74. The Morgan fingerprint density at radius 1 is 0.889 bits per heavy atom. The van der Waals surface area contributed by atoms with Gasteiger partial charge in [-0.1, -0.05) is 24.3 Å².